The Morgan fingerprint density at radius 3 is 2.00 bits per heavy atom. The van der Waals surface area contributed by atoms with E-state index in [9.17, 15) is 0 Å². The zero-order chi connectivity index (χ0) is 16.1. The van der Waals surface area contributed by atoms with Crippen LogP contribution < -0.4 is 22.5 Å². The van der Waals surface area contributed by atoms with Crippen LogP contribution in [0.4, 0.5) is 0 Å². The van der Waals surface area contributed by atoms with Gasteiger partial charge in [-0.25, -0.2) is 0 Å². The Balaban J connectivity index is 3.48. The average Bonchev–Trinajstić information content (AvgIpc) is 2.42. The van der Waals surface area contributed by atoms with Crippen molar-refractivity contribution in [2.75, 3.05) is 13.1 Å². The van der Waals surface area contributed by atoms with Gasteiger partial charge in [-0.05, 0) is 57.5 Å². The Bertz CT molecular complexity index is 221. The lowest BCUT2D eigenvalue weighted by Crippen LogP contribution is -2.39. The summed E-state index contributed by atoms with van der Waals surface area (Å²) in [5.74, 6) is 1.44. The van der Waals surface area contributed by atoms with Crippen molar-refractivity contribution in [3.8, 4) is 0 Å². The van der Waals surface area contributed by atoms with Crippen molar-refractivity contribution in [3.05, 3.63) is 0 Å². The van der Waals surface area contributed by atoms with Crippen molar-refractivity contribution in [2.24, 2.45) is 29.0 Å². The molecular weight excluding hydrogens is 260 g/mol. The monoisotopic (exact) mass is 300 g/mol. The summed E-state index contributed by atoms with van der Waals surface area (Å²) in [6, 6.07) is 0.333. The number of hydrogen-bond acceptors (Lipinski definition) is 4. The normalized spacial score (nSPS) is 17.4. The molecule has 4 nitrogen and oxygen atoms in total. The second kappa shape index (κ2) is 13.5. The molecule has 4 unspecified atom stereocenters. The van der Waals surface area contributed by atoms with Crippen LogP contribution in [0.2, 0.25) is 0 Å². The van der Waals surface area contributed by atoms with E-state index in [4.69, 9.17) is 17.2 Å². The molecule has 21 heavy (non-hydrogen) atoms. The van der Waals surface area contributed by atoms with E-state index < -0.39 is 0 Å². The predicted molar refractivity (Wildman–Crippen MR) is 93.9 cm³/mol. The molecule has 0 radical (unpaired) electrons. The summed E-state index contributed by atoms with van der Waals surface area (Å²) < 4.78 is 0. The summed E-state index contributed by atoms with van der Waals surface area (Å²) in [6.45, 7) is 8.50. The summed E-state index contributed by atoms with van der Waals surface area (Å²) in [5, 5.41) is 3.47. The maximum Gasteiger partial charge on any atom is 0.0546 e. The molecular formula is C17H40N4. The van der Waals surface area contributed by atoms with E-state index in [-0.39, 0.29) is 6.17 Å². The maximum absolute atomic E-state index is 6.12. The summed E-state index contributed by atoms with van der Waals surface area (Å²) in [4.78, 5) is 0. The van der Waals surface area contributed by atoms with Crippen LogP contribution in [0.3, 0.4) is 0 Å². The van der Waals surface area contributed by atoms with Gasteiger partial charge in [0, 0.05) is 6.04 Å². The van der Waals surface area contributed by atoms with Crippen molar-refractivity contribution < 1.29 is 0 Å². The van der Waals surface area contributed by atoms with Crippen LogP contribution >= 0.6 is 0 Å². The fraction of sp³-hybridized carbons (Fsp3) is 1.00. The molecule has 128 valence electrons. The first-order valence-electron chi connectivity index (χ1n) is 8.90. The second-order valence-electron chi connectivity index (χ2n) is 7.00. The van der Waals surface area contributed by atoms with Gasteiger partial charge in [0.05, 0.1) is 6.17 Å². The number of rotatable bonds is 14. The molecule has 0 amide bonds. The highest BCUT2D eigenvalue weighted by Crippen LogP contribution is 2.14. The van der Waals surface area contributed by atoms with E-state index >= 15 is 0 Å². The summed E-state index contributed by atoms with van der Waals surface area (Å²) >= 11 is 0. The Morgan fingerprint density at radius 2 is 1.38 bits per heavy atom. The van der Waals surface area contributed by atoms with Gasteiger partial charge in [-0.2, -0.15) is 0 Å². The van der Waals surface area contributed by atoms with Crippen LogP contribution in [0.1, 0.15) is 72.1 Å². The fourth-order valence-electron chi connectivity index (χ4n) is 2.56. The van der Waals surface area contributed by atoms with Gasteiger partial charge in [0.2, 0.25) is 0 Å². The van der Waals surface area contributed by atoms with Crippen LogP contribution in [0.15, 0.2) is 0 Å². The Morgan fingerprint density at radius 1 is 0.762 bits per heavy atom. The molecule has 4 heteroatoms. The minimum Gasteiger partial charge on any atom is -0.330 e. The topological polar surface area (TPSA) is 90.1 Å². The van der Waals surface area contributed by atoms with E-state index in [2.05, 4.69) is 26.1 Å². The molecule has 0 saturated carbocycles. The summed E-state index contributed by atoms with van der Waals surface area (Å²) in [6.07, 6.45) is 9.66. The van der Waals surface area contributed by atoms with Crippen LogP contribution in [-0.4, -0.2) is 25.3 Å². The number of nitrogens with two attached hydrogens (primary N) is 3. The Hall–Kier alpha value is -0.160. The van der Waals surface area contributed by atoms with Crippen LogP contribution in [0.25, 0.3) is 0 Å². The van der Waals surface area contributed by atoms with Crippen molar-refractivity contribution in [1.82, 2.24) is 5.32 Å². The van der Waals surface area contributed by atoms with Crippen LogP contribution in [0.5, 0.6) is 0 Å². The van der Waals surface area contributed by atoms with Gasteiger partial charge in [0.1, 0.15) is 0 Å². The third-order valence-electron chi connectivity index (χ3n) is 4.21. The molecule has 0 fully saturated rings. The minimum atomic E-state index is 0.143. The predicted octanol–water partition coefficient (Wildman–Crippen LogP) is 2.56. The lowest BCUT2D eigenvalue weighted by atomic mass is 9.96. The van der Waals surface area contributed by atoms with Gasteiger partial charge in [-0.3, -0.25) is 0 Å². The lowest BCUT2D eigenvalue weighted by molar-refractivity contribution is 0.372. The van der Waals surface area contributed by atoms with Gasteiger partial charge in [0.15, 0.2) is 0 Å². The molecule has 0 spiro atoms. The highest BCUT2D eigenvalue weighted by atomic mass is 15.0. The van der Waals surface area contributed by atoms with Gasteiger partial charge >= 0.3 is 0 Å². The largest absolute Gasteiger partial charge is 0.330 e. The highest BCUT2D eigenvalue weighted by molar-refractivity contribution is 4.65. The van der Waals surface area contributed by atoms with Gasteiger partial charge in [-0.15, -0.1) is 0 Å². The molecule has 4 atom stereocenters. The average molecular weight is 301 g/mol. The van der Waals surface area contributed by atoms with Crippen molar-refractivity contribution >= 4 is 0 Å². The maximum atomic E-state index is 6.12. The Kier molecular flexibility index (Phi) is 13.4. The smallest absolute Gasteiger partial charge is 0.0546 e. The van der Waals surface area contributed by atoms with E-state index in [1.54, 1.807) is 0 Å². The van der Waals surface area contributed by atoms with Crippen LogP contribution in [-0.2, 0) is 0 Å². The van der Waals surface area contributed by atoms with E-state index in [1.807, 2.05) is 0 Å². The Labute approximate surface area is 132 Å². The quantitative estimate of drug-likeness (QED) is 0.293. The molecule has 0 aromatic heterocycles. The molecule has 0 aliphatic heterocycles. The molecule has 0 saturated heterocycles. The fourth-order valence-corrected chi connectivity index (χ4v) is 2.56. The van der Waals surface area contributed by atoms with E-state index in [0.717, 1.165) is 38.3 Å². The molecule has 0 aromatic carbocycles. The first-order chi connectivity index (χ1) is 9.95. The van der Waals surface area contributed by atoms with Crippen molar-refractivity contribution in [1.29, 1.82) is 0 Å². The van der Waals surface area contributed by atoms with Gasteiger partial charge in [-0.1, -0.05) is 39.5 Å². The number of hydrogen-bond donors (Lipinski definition) is 4. The molecule has 0 aromatic rings. The summed E-state index contributed by atoms with van der Waals surface area (Å²) in [5.41, 5.74) is 17.4. The highest BCUT2D eigenvalue weighted by Gasteiger charge is 2.08. The number of nitrogens with one attached hydrogen (secondary N) is 1. The first-order valence-corrected chi connectivity index (χ1v) is 8.90. The molecule has 0 bridgehead atoms. The molecule has 0 aliphatic carbocycles. The van der Waals surface area contributed by atoms with Crippen molar-refractivity contribution in [2.45, 2.75) is 84.3 Å². The first kappa shape index (κ1) is 20.8. The second-order valence-corrected chi connectivity index (χ2v) is 7.00. The zero-order valence-electron chi connectivity index (χ0n) is 14.6. The minimum absolute atomic E-state index is 0.143. The van der Waals surface area contributed by atoms with Gasteiger partial charge in [0.25, 0.3) is 0 Å². The third-order valence-corrected chi connectivity index (χ3v) is 4.21. The molecule has 0 heterocycles. The zero-order valence-corrected chi connectivity index (χ0v) is 14.6. The molecule has 0 aliphatic rings. The van der Waals surface area contributed by atoms with E-state index in [0.29, 0.717) is 12.0 Å². The molecule has 0 rings (SSSR count). The van der Waals surface area contributed by atoms with Crippen molar-refractivity contribution in [3.63, 3.8) is 0 Å². The van der Waals surface area contributed by atoms with Crippen LogP contribution in [0, 0.1) is 11.8 Å². The lowest BCUT2D eigenvalue weighted by Gasteiger charge is -2.19. The van der Waals surface area contributed by atoms with E-state index in [1.165, 1.54) is 32.1 Å². The standard InChI is InChI=1S/C17H40N4/c1-14(11-12-18)9-10-15(2)13-21-17(20)8-6-4-5-7-16(3)19/h14-17,21H,4-13,18-20H2,1-3H3. The molecule has 7 N–H and O–H groups in total. The third kappa shape index (κ3) is 14.5. The van der Waals surface area contributed by atoms with Gasteiger partial charge < -0.3 is 22.5 Å². The summed E-state index contributed by atoms with van der Waals surface area (Å²) in [7, 11) is 0. The number of unbranched alkanes of at least 4 members (excludes halogenated alkanes) is 2. The SMILES string of the molecule is CC(N)CCCCCC(N)NCC(C)CCC(C)CCN.